The lowest BCUT2D eigenvalue weighted by Gasteiger charge is -2.22. The van der Waals surface area contributed by atoms with E-state index in [9.17, 15) is 28.8 Å². The van der Waals surface area contributed by atoms with Crippen LogP contribution in [0.4, 0.5) is 10.5 Å². The van der Waals surface area contributed by atoms with Crippen molar-refractivity contribution >= 4 is 46.4 Å². The molecular formula is C28H31N5O8. The van der Waals surface area contributed by atoms with E-state index >= 15 is 0 Å². The van der Waals surface area contributed by atoms with Gasteiger partial charge in [-0.3, -0.25) is 19.2 Å². The van der Waals surface area contributed by atoms with Gasteiger partial charge in [-0.2, -0.15) is 0 Å². The summed E-state index contributed by atoms with van der Waals surface area (Å²) < 4.78 is 10.3. The van der Waals surface area contributed by atoms with Crippen LogP contribution in [0.3, 0.4) is 0 Å². The van der Waals surface area contributed by atoms with Crippen molar-refractivity contribution in [3.63, 3.8) is 0 Å². The minimum absolute atomic E-state index is 0.0103. The molecule has 0 saturated carbocycles. The maximum absolute atomic E-state index is 12.9. The molecule has 0 unspecified atom stereocenters. The lowest BCUT2D eigenvalue weighted by Crippen LogP contribution is -2.55. The normalized spacial score (nSPS) is 12.9. The number of ether oxygens (including phenoxy) is 1. The number of nitrogens with one attached hydrogen (secondary N) is 4. The molecule has 1 aromatic heterocycles. The van der Waals surface area contributed by atoms with Crippen LogP contribution < -0.4 is 32.6 Å². The van der Waals surface area contributed by atoms with Gasteiger partial charge in [0.2, 0.25) is 23.6 Å². The average molecular weight is 566 g/mol. The summed E-state index contributed by atoms with van der Waals surface area (Å²) in [5, 5.41) is 10.4. The predicted molar refractivity (Wildman–Crippen MR) is 148 cm³/mol. The van der Waals surface area contributed by atoms with Gasteiger partial charge < -0.3 is 36.2 Å². The van der Waals surface area contributed by atoms with E-state index in [2.05, 4.69) is 21.3 Å². The Balaban J connectivity index is 1.56. The second kappa shape index (κ2) is 13.7. The number of rotatable bonds is 11. The topological polar surface area (TPSA) is 199 Å². The number of amides is 5. The molecule has 0 spiro atoms. The van der Waals surface area contributed by atoms with Crippen molar-refractivity contribution < 1.29 is 33.1 Å². The fourth-order valence-corrected chi connectivity index (χ4v) is 3.75. The first-order valence-electron chi connectivity index (χ1n) is 12.6. The Hall–Kier alpha value is -5.20. The highest BCUT2D eigenvalue weighted by Gasteiger charge is 2.27. The number of alkyl carbamates (subject to hydrolysis) is 1. The van der Waals surface area contributed by atoms with Gasteiger partial charge in [-0.25, -0.2) is 9.59 Å². The van der Waals surface area contributed by atoms with Crippen LogP contribution in [-0.4, -0.2) is 47.8 Å². The number of benzene rings is 2. The molecule has 6 N–H and O–H groups in total. The van der Waals surface area contributed by atoms with E-state index in [-0.39, 0.29) is 17.9 Å². The summed E-state index contributed by atoms with van der Waals surface area (Å²) in [5.74, 6) is -3.08. The highest BCUT2D eigenvalue weighted by Crippen LogP contribution is 2.21. The van der Waals surface area contributed by atoms with Crippen LogP contribution >= 0.6 is 0 Å². The highest BCUT2D eigenvalue weighted by molar-refractivity contribution is 6.01. The van der Waals surface area contributed by atoms with Gasteiger partial charge in [0.1, 0.15) is 30.3 Å². The average Bonchev–Trinajstić information content (AvgIpc) is 2.91. The van der Waals surface area contributed by atoms with Crippen molar-refractivity contribution in [2.45, 2.75) is 51.9 Å². The molecule has 0 aliphatic heterocycles. The number of aryl methyl sites for hydroxylation is 1. The van der Waals surface area contributed by atoms with Gasteiger partial charge in [0.25, 0.3) is 0 Å². The maximum Gasteiger partial charge on any atom is 0.408 e. The summed E-state index contributed by atoms with van der Waals surface area (Å²) in [6.45, 7) is 4.52. The van der Waals surface area contributed by atoms with Crippen LogP contribution in [0, 0.1) is 6.92 Å². The molecule has 1 heterocycles. The van der Waals surface area contributed by atoms with Crippen LogP contribution in [0.5, 0.6) is 0 Å². The fourth-order valence-electron chi connectivity index (χ4n) is 3.75. The molecule has 5 amide bonds. The second-order valence-corrected chi connectivity index (χ2v) is 9.34. The number of anilines is 1. The molecule has 0 radical (unpaired) electrons. The molecule has 41 heavy (non-hydrogen) atoms. The molecule has 0 bridgehead atoms. The summed E-state index contributed by atoms with van der Waals surface area (Å²) in [4.78, 5) is 73.5. The maximum atomic E-state index is 12.9. The molecule has 0 fully saturated rings. The van der Waals surface area contributed by atoms with Crippen molar-refractivity contribution in [2.24, 2.45) is 5.73 Å². The van der Waals surface area contributed by atoms with E-state index < -0.39 is 59.9 Å². The predicted octanol–water partition coefficient (Wildman–Crippen LogP) is 1.22. The Kier molecular flexibility index (Phi) is 10.2. The van der Waals surface area contributed by atoms with Gasteiger partial charge in [0.15, 0.2) is 0 Å². The molecular weight excluding hydrogens is 534 g/mol. The van der Waals surface area contributed by atoms with Crippen LogP contribution in [0.2, 0.25) is 0 Å². The summed E-state index contributed by atoms with van der Waals surface area (Å²) in [6, 6.07) is 11.4. The van der Waals surface area contributed by atoms with Crippen molar-refractivity contribution in [1.29, 1.82) is 0 Å². The number of carbonyl (C=O) groups is 5. The third-order valence-electron chi connectivity index (χ3n) is 5.95. The van der Waals surface area contributed by atoms with Crippen molar-refractivity contribution in [3.8, 4) is 0 Å². The van der Waals surface area contributed by atoms with Crippen molar-refractivity contribution in [2.75, 3.05) is 5.32 Å². The van der Waals surface area contributed by atoms with E-state index in [1.165, 1.54) is 26.0 Å². The molecule has 2 aromatic carbocycles. The molecule has 3 aromatic rings. The Labute approximate surface area is 234 Å². The number of hydrogen-bond acceptors (Lipinski definition) is 8. The van der Waals surface area contributed by atoms with Gasteiger partial charge >= 0.3 is 11.7 Å². The minimum Gasteiger partial charge on any atom is -0.445 e. The number of primary amides is 1. The zero-order chi connectivity index (χ0) is 30.1. The van der Waals surface area contributed by atoms with E-state index in [0.29, 0.717) is 10.9 Å². The lowest BCUT2D eigenvalue weighted by atomic mass is 10.1. The van der Waals surface area contributed by atoms with Crippen LogP contribution in [0.25, 0.3) is 11.0 Å². The summed E-state index contributed by atoms with van der Waals surface area (Å²) in [6.07, 6.45) is -1.35. The molecule has 0 aliphatic rings. The molecule has 3 rings (SSSR count). The summed E-state index contributed by atoms with van der Waals surface area (Å²) in [5.41, 5.74) is 6.67. The van der Waals surface area contributed by atoms with Gasteiger partial charge in [-0.15, -0.1) is 0 Å². The second-order valence-electron chi connectivity index (χ2n) is 9.34. The summed E-state index contributed by atoms with van der Waals surface area (Å²) >= 11 is 0. The zero-order valence-electron chi connectivity index (χ0n) is 22.7. The van der Waals surface area contributed by atoms with E-state index in [1.54, 1.807) is 43.3 Å². The quantitative estimate of drug-likeness (QED) is 0.214. The van der Waals surface area contributed by atoms with Crippen LogP contribution in [-0.2, 0) is 30.5 Å². The number of hydrogen-bond donors (Lipinski definition) is 5. The fraction of sp³-hybridized carbons (Fsp3) is 0.286. The minimum atomic E-state index is -1.37. The molecule has 0 aliphatic carbocycles. The van der Waals surface area contributed by atoms with E-state index in [0.717, 1.165) is 5.56 Å². The summed E-state index contributed by atoms with van der Waals surface area (Å²) in [7, 11) is 0. The highest BCUT2D eigenvalue weighted by atomic mass is 16.5. The van der Waals surface area contributed by atoms with Gasteiger partial charge in [0, 0.05) is 23.2 Å². The standard InChI is InChI=1S/C28H31N5O8/c1-15-11-24(35)41-22-12-19(9-10-20(15)22)32-27(38)21(13-23(29)34)33-26(37)16(2)30-25(36)17(3)31-28(39)40-14-18-7-5-4-6-8-18/h4-12,16-17,21H,13-14H2,1-3H3,(H2,29,34)(H,30,36)(H,31,39)(H,32,38)(H,33,37)/t16-,17-,21-/m0/s1. The molecule has 216 valence electrons. The van der Waals surface area contributed by atoms with Crippen LogP contribution in [0.1, 0.15) is 31.4 Å². The SMILES string of the molecule is Cc1cc(=O)oc2cc(NC(=O)[C@H](CC(N)=O)NC(=O)[C@H](C)NC(=O)[C@H](C)NC(=O)OCc3ccccc3)ccc12. The lowest BCUT2D eigenvalue weighted by molar-refractivity contribution is -0.132. The third kappa shape index (κ3) is 8.92. The van der Waals surface area contributed by atoms with Gasteiger partial charge in [-0.05, 0) is 44.0 Å². The van der Waals surface area contributed by atoms with Gasteiger partial charge in [0.05, 0.1) is 6.42 Å². The zero-order valence-corrected chi connectivity index (χ0v) is 22.7. The smallest absolute Gasteiger partial charge is 0.408 e. The number of carbonyl (C=O) groups excluding carboxylic acids is 5. The van der Waals surface area contributed by atoms with Crippen LogP contribution in [0.15, 0.2) is 63.8 Å². The number of nitrogens with two attached hydrogens (primary N) is 1. The monoisotopic (exact) mass is 565 g/mol. The molecule has 0 saturated heterocycles. The molecule has 3 atom stereocenters. The van der Waals surface area contributed by atoms with Gasteiger partial charge in [-0.1, -0.05) is 30.3 Å². The largest absolute Gasteiger partial charge is 0.445 e. The van der Waals surface area contributed by atoms with Crippen molar-refractivity contribution in [3.05, 3.63) is 76.1 Å². The first kappa shape index (κ1) is 30.3. The molecule has 13 heteroatoms. The number of fused-ring (bicyclic) bond motifs is 1. The Morgan fingerprint density at radius 2 is 1.54 bits per heavy atom. The first-order valence-corrected chi connectivity index (χ1v) is 12.6. The Morgan fingerprint density at radius 3 is 2.22 bits per heavy atom. The molecule has 13 nitrogen and oxygen atoms in total. The van der Waals surface area contributed by atoms with E-state index in [1.807, 2.05) is 6.07 Å². The van der Waals surface area contributed by atoms with E-state index in [4.69, 9.17) is 14.9 Å². The third-order valence-corrected chi connectivity index (χ3v) is 5.95. The Bertz CT molecular complexity index is 1500. The first-order chi connectivity index (χ1) is 19.4. The Morgan fingerprint density at radius 1 is 0.878 bits per heavy atom. The van der Waals surface area contributed by atoms with Crippen molar-refractivity contribution in [1.82, 2.24) is 16.0 Å².